The lowest BCUT2D eigenvalue weighted by Crippen LogP contribution is -2.48. The number of benzene rings is 2. The summed E-state index contributed by atoms with van der Waals surface area (Å²) >= 11 is 12.2. The molecule has 198 valence electrons. The summed E-state index contributed by atoms with van der Waals surface area (Å²) in [6, 6.07) is 11.5. The van der Waals surface area contributed by atoms with Gasteiger partial charge in [0.25, 0.3) is 0 Å². The molecule has 0 heterocycles. The van der Waals surface area contributed by atoms with E-state index in [0.717, 1.165) is 30.2 Å². The Morgan fingerprint density at radius 3 is 2.39 bits per heavy atom. The number of amides is 2. The second-order valence-electron chi connectivity index (χ2n) is 8.84. The zero-order chi connectivity index (χ0) is 26.9. The van der Waals surface area contributed by atoms with E-state index < -0.39 is 16.1 Å². The Bertz CT molecular complexity index is 1160. The number of nitrogens with one attached hydrogen (secondary N) is 1. The number of nitrogens with zero attached hydrogens (tertiary/aromatic N) is 2. The van der Waals surface area contributed by atoms with Crippen LogP contribution in [-0.4, -0.2) is 50.5 Å². The number of sulfonamides is 1. The molecule has 2 amide bonds. The van der Waals surface area contributed by atoms with E-state index in [2.05, 4.69) is 5.32 Å². The Balaban J connectivity index is 2.18. The standard InChI is InChI=1S/C26H35Cl2N3O4S/c1-5-6-14-29-26(33)20(3)30(18-21-9-7-10-22(27)16-21)25(32)11-8-15-31(36(4,34)35)24-17-23(28)13-12-19(24)2/h7,9-10,12-13,16-17,20H,5-6,8,11,14-15,18H2,1-4H3,(H,29,33)/t20-/m1/s1. The molecule has 0 bridgehead atoms. The summed E-state index contributed by atoms with van der Waals surface area (Å²) < 4.78 is 26.3. The highest BCUT2D eigenvalue weighted by atomic mass is 35.5. The average Bonchev–Trinajstić information content (AvgIpc) is 2.81. The maximum Gasteiger partial charge on any atom is 0.242 e. The Labute approximate surface area is 224 Å². The predicted molar refractivity (Wildman–Crippen MR) is 147 cm³/mol. The number of hydrogen-bond donors (Lipinski definition) is 1. The zero-order valence-electron chi connectivity index (χ0n) is 21.3. The second kappa shape index (κ2) is 13.9. The maximum absolute atomic E-state index is 13.3. The highest BCUT2D eigenvalue weighted by Gasteiger charge is 2.27. The first-order chi connectivity index (χ1) is 16.9. The largest absolute Gasteiger partial charge is 0.354 e. The molecule has 0 aliphatic rings. The van der Waals surface area contributed by atoms with Crippen LogP contribution in [0.15, 0.2) is 42.5 Å². The van der Waals surface area contributed by atoms with Gasteiger partial charge in [-0.1, -0.05) is 54.7 Å². The van der Waals surface area contributed by atoms with Crippen molar-refractivity contribution in [1.82, 2.24) is 10.2 Å². The minimum absolute atomic E-state index is 0.0682. The normalized spacial score (nSPS) is 12.2. The van der Waals surface area contributed by atoms with Crippen LogP contribution in [0.3, 0.4) is 0 Å². The number of aryl methyl sites for hydroxylation is 1. The average molecular weight is 557 g/mol. The van der Waals surface area contributed by atoms with E-state index in [4.69, 9.17) is 23.2 Å². The summed E-state index contributed by atoms with van der Waals surface area (Å²) in [5.74, 6) is -0.476. The Morgan fingerprint density at radius 2 is 1.75 bits per heavy atom. The van der Waals surface area contributed by atoms with E-state index in [1.165, 1.54) is 9.21 Å². The molecule has 36 heavy (non-hydrogen) atoms. The van der Waals surface area contributed by atoms with Gasteiger partial charge in [0.15, 0.2) is 0 Å². The van der Waals surface area contributed by atoms with Crippen LogP contribution < -0.4 is 9.62 Å². The van der Waals surface area contributed by atoms with Crippen molar-refractivity contribution in [3.05, 3.63) is 63.6 Å². The Kier molecular flexibility index (Phi) is 11.5. The van der Waals surface area contributed by atoms with Gasteiger partial charge in [-0.3, -0.25) is 13.9 Å². The monoisotopic (exact) mass is 555 g/mol. The van der Waals surface area contributed by atoms with E-state index in [0.29, 0.717) is 22.3 Å². The van der Waals surface area contributed by atoms with Crippen molar-refractivity contribution in [3.63, 3.8) is 0 Å². The fraction of sp³-hybridized carbons (Fsp3) is 0.462. The van der Waals surface area contributed by atoms with Crippen LogP contribution in [0.25, 0.3) is 0 Å². The quantitative estimate of drug-likeness (QED) is 0.345. The molecule has 0 saturated carbocycles. The minimum atomic E-state index is -3.60. The molecule has 2 aromatic rings. The molecule has 2 aromatic carbocycles. The summed E-state index contributed by atoms with van der Waals surface area (Å²) in [4.78, 5) is 27.6. The molecule has 1 N–H and O–H groups in total. The van der Waals surface area contributed by atoms with Gasteiger partial charge >= 0.3 is 0 Å². The van der Waals surface area contributed by atoms with Gasteiger partial charge in [-0.2, -0.15) is 0 Å². The molecule has 1 atom stereocenters. The van der Waals surface area contributed by atoms with E-state index in [1.54, 1.807) is 50.2 Å². The summed E-state index contributed by atoms with van der Waals surface area (Å²) in [5.41, 5.74) is 2.05. The number of anilines is 1. The minimum Gasteiger partial charge on any atom is -0.354 e. The van der Waals surface area contributed by atoms with E-state index in [-0.39, 0.29) is 37.7 Å². The van der Waals surface area contributed by atoms with Gasteiger partial charge in [0.1, 0.15) is 6.04 Å². The van der Waals surface area contributed by atoms with Crippen LogP contribution >= 0.6 is 23.2 Å². The van der Waals surface area contributed by atoms with Crippen LogP contribution in [0.2, 0.25) is 10.0 Å². The van der Waals surface area contributed by atoms with Crippen molar-refractivity contribution >= 4 is 50.7 Å². The van der Waals surface area contributed by atoms with E-state index in [9.17, 15) is 18.0 Å². The maximum atomic E-state index is 13.3. The smallest absolute Gasteiger partial charge is 0.242 e. The van der Waals surface area contributed by atoms with E-state index >= 15 is 0 Å². The number of rotatable bonds is 13. The lowest BCUT2D eigenvalue weighted by molar-refractivity contribution is -0.140. The lowest BCUT2D eigenvalue weighted by atomic mass is 10.1. The Morgan fingerprint density at radius 1 is 1.06 bits per heavy atom. The van der Waals surface area contributed by atoms with Crippen LogP contribution in [0.1, 0.15) is 50.7 Å². The lowest BCUT2D eigenvalue weighted by Gasteiger charge is -2.29. The number of carbonyl (C=O) groups is 2. The first-order valence-corrected chi connectivity index (χ1v) is 14.6. The zero-order valence-corrected chi connectivity index (χ0v) is 23.6. The number of halogens is 2. The van der Waals surface area contributed by atoms with Crippen LogP contribution in [0, 0.1) is 6.92 Å². The summed E-state index contributed by atoms with van der Waals surface area (Å²) in [7, 11) is -3.60. The van der Waals surface area contributed by atoms with Gasteiger partial charge in [-0.05, 0) is 62.1 Å². The SMILES string of the molecule is CCCCNC(=O)[C@@H](C)N(Cc1cccc(Cl)c1)C(=O)CCCN(c1cc(Cl)ccc1C)S(C)(=O)=O. The third-order valence-corrected chi connectivity index (χ3v) is 7.48. The van der Waals surface area contributed by atoms with Gasteiger partial charge in [-0.25, -0.2) is 8.42 Å². The molecule has 10 heteroatoms. The summed E-state index contributed by atoms with van der Waals surface area (Å²) in [6.07, 6.45) is 3.27. The van der Waals surface area contributed by atoms with Gasteiger partial charge in [0, 0.05) is 36.1 Å². The van der Waals surface area contributed by atoms with Crippen molar-refractivity contribution in [2.24, 2.45) is 0 Å². The molecule has 0 fully saturated rings. The molecule has 0 unspecified atom stereocenters. The highest BCUT2D eigenvalue weighted by Crippen LogP contribution is 2.27. The third kappa shape index (κ3) is 8.98. The predicted octanol–water partition coefficient (Wildman–Crippen LogP) is 5.18. The number of carbonyl (C=O) groups excluding carboxylic acids is 2. The molecular formula is C26H35Cl2N3O4S. The molecule has 0 aliphatic heterocycles. The fourth-order valence-corrected chi connectivity index (χ4v) is 5.18. The molecule has 0 aromatic heterocycles. The van der Waals surface area contributed by atoms with Crippen LogP contribution in [0.5, 0.6) is 0 Å². The van der Waals surface area contributed by atoms with Crippen molar-refractivity contribution in [1.29, 1.82) is 0 Å². The molecule has 0 aliphatic carbocycles. The summed E-state index contributed by atoms with van der Waals surface area (Å²) in [6.45, 7) is 6.40. The first-order valence-electron chi connectivity index (χ1n) is 12.0. The second-order valence-corrected chi connectivity index (χ2v) is 11.6. The molecule has 2 rings (SSSR count). The molecule has 0 saturated heterocycles. The van der Waals surface area contributed by atoms with Gasteiger partial charge in [0.05, 0.1) is 11.9 Å². The van der Waals surface area contributed by atoms with Gasteiger partial charge < -0.3 is 10.2 Å². The number of unbranched alkanes of at least 4 members (excludes halogenated alkanes) is 1. The van der Waals surface area contributed by atoms with Gasteiger partial charge in [0.2, 0.25) is 21.8 Å². The first kappa shape index (κ1) is 29.9. The fourth-order valence-electron chi connectivity index (χ4n) is 3.78. The van der Waals surface area contributed by atoms with Crippen LogP contribution in [-0.2, 0) is 26.2 Å². The Hall–Kier alpha value is -2.29. The molecule has 7 nitrogen and oxygen atoms in total. The molecular weight excluding hydrogens is 521 g/mol. The topological polar surface area (TPSA) is 86.8 Å². The third-order valence-electron chi connectivity index (χ3n) is 5.83. The molecule has 0 spiro atoms. The number of hydrogen-bond acceptors (Lipinski definition) is 4. The van der Waals surface area contributed by atoms with E-state index in [1.807, 2.05) is 13.0 Å². The highest BCUT2D eigenvalue weighted by molar-refractivity contribution is 7.92. The van der Waals surface area contributed by atoms with Crippen molar-refractivity contribution in [2.45, 2.75) is 59.0 Å². The van der Waals surface area contributed by atoms with Crippen molar-refractivity contribution in [2.75, 3.05) is 23.7 Å². The van der Waals surface area contributed by atoms with Gasteiger partial charge in [-0.15, -0.1) is 0 Å². The molecule has 0 radical (unpaired) electrons. The van der Waals surface area contributed by atoms with Crippen LogP contribution in [0.4, 0.5) is 5.69 Å². The van der Waals surface area contributed by atoms with Crippen molar-refractivity contribution < 1.29 is 18.0 Å². The summed E-state index contributed by atoms with van der Waals surface area (Å²) in [5, 5.41) is 3.85. The van der Waals surface area contributed by atoms with Crippen molar-refractivity contribution in [3.8, 4) is 0 Å².